The molecule has 0 aromatic rings. The maximum absolute atomic E-state index is 11.2. The Morgan fingerprint density at radius 3 is 3.08 bits per heavy atom. The van der Waals surface area contributed by atoms with Gasteiger partial charge in [-0.1, -0.05) is 0 Å². The van der Waals surface area contributed by atoms with Gasteiger partial charge in [-0.25, -0.2) is 0 Å². The monoisotopic (exact) mass is 171 g/mol. The van der Waals surface area contributed by atoms with Crippen LogP contribution < -0.4 is 5.32 Å². The van der Waals surface area contributed by atoms with Crippen molar-refractivity contribution in [3.8, 4) is 0 Å². The van der Waals surface area contributed by atoms with Gasteiger partial charge in [0.1, 0.15) is 6.61 Å². The van der Waals surface area contributed by atoms with Gasteiger partial charge in [0.2, 0.25) is 0 Å². The molecule has 1 rings (SSSR count). The summed E-state index contributed by atoms with van der Waals surface area (Å²) < 4.78 is 5.04. The van der Waals surface area contributed by atoms with E-state index in [-0.39, 0.29) is 5.78 Å². The molecule has 0 aliphatic carbocycles. The quantitative estimate of drug-likeness (QED) is 0.658. The van der Waals surface area contributed by atoms with Gasteiger partial charge in [0.05, 0.1) is 0 Å². The molecule has 3 heteroatoms. The van der Waals surface area contributed by atoms with E-state index < -0.39 is 0 Å². The van der Waals surface area contributed by atoms with Gasteiger partial charge < -0.3 is 10.1 Å². The lowest BCUT2D eigenvalue weighted by Gasteiger charge is -2.06. The van der Waals surface area contributed by atoms with E-state index in [2.05, 4.69) is 5.32 Å². The van der Waals surface area contributed by atoms with Crippen LogP contribution in [0.1, 0.15) is 19.8 Å². The van der Waals surface area contributed by atoms with Crippen LogP contribution in [0.3, 0.4) is 0 Å². The predicted octanol–water partition coefficient (Wildman–Crippen LogP) is 0.592. The summed E-state index contributed by atoms with van der Waals surface area (Å²) in [5.41, 5.74) is 0. The number of nitrogens with one attached hydrogen (secondary N) is 1. The molecule has 1 saturated heterocycles. The van der Waals surface area contributed by atoms with E-state index in [1.807, 2.05) is 6.92 Å². The van der Waals surface area contributed by atoms with Crippen LogP contribution in [0.2, 0.25) is 0 Å². The van der Waals surface area contributed by atoms with Crippen molar-refractivity contribution in [3.05, 3.63) is 0 Å². The zero-order chi connectivity index (χ0) is 8.81. The van der Waals surface area contributed by atoms with Crippen LogP contribution in [0.5, 0.6) is 0 Å². The summed E-state index contributed by atoms with van der Waals surface area (Å²) in [5.74, 6) is 0.795. The summed E-state index contributed by atoms with van der Waals surface area (Å²) in [4.78, 5) is 11.2. The van der Waals surface area contributed by atoms with Crippen molar-refractivity contribution < 1.29 is 9.53 Å². The molecule has 0 spiro atoms. The molecule has 1 fully saturated rings. The zero-order valence-electron chi connectivity index (χ0n) is 7.64. The maximum atomic E-state index is 11.2. The first-order valence-electron chi connectivity index (χ1n) is 4.63. The molecule has 12 heavy (non-hydrogen) atoms. The molecule has 1 N–H and O–H groups in total. The van der Waals surface area contributed by atoms with E-state index in [1.165, 1.54) is 0 Å². The van der Waals surface area contributed by atoms with Crippen molar-refractivity contribution in [2.45, 2.75) is 19.8 Å². The fourth-order valence-electron chi connectivity index (χ4n) is 1.49. The molecule has 0 aromatic carbocycles. The number of carbonyl (C=O) groups is 1. The summed E-state index contributed by atoms with van der Waals surface area (Å²) in [6.07, 6.45) is 1.82. The number of carbonyl (C=O) groups excluding carboxylic acids is 1. The van der Waals surface area contributed by atoms with Crippen molar-refractivity contribution in [2.75, 3.05) is 26.3 Å². The van der Waals surface area contributed by atoms with E-state index in [9.17, 15) is 4.79 Å². The number of hydrogen-bond donors (Lipinski definition) is 1. The number of ether oxygens (including phenoxy) is 1. The van der Waals surface area contributed by atoms with Gasteiger partial charge in [-0.3, -0.25) is 4.79 Å². The molecular formula is C9H17NO2. The normalized spacial score (nSPS) is 22.9. The SMILES string of the molecule is CCOCC(=O)CC1CCNC1. The second-order valence-corrected chi connectivity index (χ2v) is 3.24. The van der Waals surface area contributed by atoms with E-state index in [1.54, 1.807) is 0 Å². The van der Waals surface area contributed by atoms with Gasteiger partial charge in [-0.05, 0) is 32.4 Å². The Labute approximate surface area is 73.5 Å². The van der Waals surface area contributed by atoms with Crippen molar-refractivity contribution in [1.29, 1.82) is 0 Å². The minimum atomic E-state index is 0.241. The molecule has 3 nitrogen and oxygen atoms in total. The summed E-state index contributed by atoms with van der Waals surface area (Å²) in [7, 11) is 0. The van der Waals surface area contributed by atoms with E-state index in [0.29, 0.717) is 25.6 Å². The molecule has 1 aliphatic rings. The van der Waals surface area contributed by atoms with Crippen LogP contribution >= 0.6 is 0 Å². The molecule has 0 radical (unpaired) electrons. The Morgan fingerprint density at radius 1 is 1.67 bits per heavy atom. The number of hydrogen-bond acceptors (Lipinski definition) is 3. The molecule has 0 saturated carbocycles. The minimum absolute atomic E-state index is 0.241. The van der Waals surface area contributed by atoms with Crippen LogP contribution in [0, 0.1) is 5.92 Å². The fourth-order valence-corrected chi connectivity index (χ4v) is 1.49. The topological polar surface area (TPSA) is 38.3 Å². The Kier molecular flexibility index (Phi) is 4.25. The number of Topliss-reactive ketones (excluding diaryl/α,β-unsaturated/α-hetero) is 1. The maximum Gasteiger partial charge on any atom is 0.158 e. The van der Waals surface area contributed by atoms with Gasteiger partial charge >= 0.3 is 0 Å². The Hall–Kier alpha value is -0.410. The van der Waals surface area contributed by atoms with Gasteiger partial charge in [0, 0.05) is 13.0 Å². The summed E-state index contributed by atoms with van der Waals surface area (Å²) in [6, 6.07) is 0. The molecule has 1 aliphatic heterocycles. The van der Waals surface area contributed by atoms with Gasteiger partial charge in [0.25, 0.3) is 0 Å². The van der Waals surface area contributed by atoms with Crippen LogP contribution in [0.25, 0.3) is 0 Å². The summed E-state index contributed by atoms with van der Waals surface area (Å²) in [6.45, 7) is 4.90. The molecule has 0 aromatic heterocycles. The predicted molar refractivity (Wildman–Crippen MR) is 47.1 cm³/mol. The van der Waals surface area contributed by atoms with Crippen molar-refractivity contribution in [3.63, 3.8) is 0 Å². The van der Waals surface area contributed by atoms with Gasteiger partial charge in [-0.15, -0.1) is 0 Å². The second kappa shape index (κ2) is 5.27. The van der Waals surface area contributed by atoms with Gasteiger partial charge in [0.15, 0.2) is 5.78 Å². The highest BCUT2D eigenvalue weighted by Gasteiger charge is 2.17. The third-order valence-electron chi connectivity index (χ3n) is 2.15. The fraction of sp³-hybridized carbons (Fsp3) is 0.889. The lowest BCUT2D eigenvalue weighted by molar-refractivity contribution is -0.124. The Morgan fingerprint density at radius 2 is 2.50 bits per heavy atom. The average Bonchev–Trinajstić information content (AvgIpc) is 2.53. The van der Waals surface area contributed by atoms with E-state index >= 15 is 0 Å². The molecule has 70 valence electrons. The van der Waals surface area contributed by atoms with Crippen LogP contribution in [0.4, 0.5) is 0 Å². The van der Waals surface area contributed by atoms with Crippen LogP contribution in [-0.4, -0.2) is 32.1 Å². The molecule has 0 amide bonds. The minimum Gasteiger partial charge on any atom is -0.374 e. The third-order valence-corrected chi connectivity index (χ3v) is 2.15. The lowest BCUT2D eigenvalue weighted by atomic mass is 10.0. The second-order valence-electron chi connectivity index (χ2n) is 3.24. The molecule has 1 heterocycles. The first-order valence-corrected chi connectivity index (χ1v) is 4.63. The van der Waals surface area contributed by atoms with Crippen molar-refractivity contribution in [1.82, 2.24) is 5.32 Å². The van der Waals surface area contributed by atoms with Crippen LogP contribution in [0.15, 0.2) is 0 Å². The number of rotatable bonds is 5. The summed E-state index contributed by atoms with van der Waals surface area (Å²) in [5, 5.41) is 3.24. The molecule has 0 bridgehead atoms. The smallest absolute Gasteiger partial charge is 0.158 e. The van der Waals surface area contributed by atoms with E-state index in [0.717, 1.165) is 19.5 Å². The molecule has 1 unspecified atom stereocenters. The van der Waals surface area contributed by atoms with Crippen molar-refractivity contribution in [2.24, 2.45) is 5.92 Å². The highest BCUT2D eigenvalue weighted by molar-refractivity contribution is 5.79. The Balaban J connectivity index is 2.08. The number of ketones is 1. The highest BCUT2D eigenvalue weighted by Crippen LogP contribution is 2.12. The summed E-state index contributed by atoms with van der Waals surface area (Å²) >= 11 is 0. The van der Waals surface area contributed by atoms with E-state index in [4.69, 9.17) is 4.74 Å². The largest absolute Gasteiger partial charge is 0.374 e. The Bertz CT molecular complexity index is 141. The lowest BCUT2D eigenvalue weighted by Crippen LogP contribution is -2.16. The van der Waals surface area contributed by atoms with Crippen LogP contribution in [-0.2, 0) is 9.53 Å². The standard InChI is InChI=1S/C9H17NO2/c1-2-12-7-9(11)5-8-3-4-10-6-8/h8,10H,2-7H2,1H3. The van der Waals surface area contributed by atoms with Crippen molar-refractivity contribution >= 4 is 5.78 Å². The zero-order valence-corrected chi connectivity index (χ0v) is 7.64. The third kappa shape index (κ3) is 3.32. The first-order chi connectivity index (χ1) is 5.83. The first kappa shape index (κ1) is 9.68. The average molecular weight is 171 g/mol. The molecule has 1 atom stereocenters. The molecular weight excluding hydrogens is 154 g/mol. The highest BCUT2D eigenvalue weighted by atomic mass is 16.5. The van der Waals surface area contributed by atoms with Gasteiger partial charge in [-0.2, -0.15) is 0 Å².